The molecule has 0 unspecified atom stereocenters. The van der Waals surface area contributed by atoms with Crippen molar-refractivity contribution in [1.29, 1.82) is 0 Å². The van der Waals surface area contributed by atoms with Gasteiger partial charge in [0.25, 0.3) is 0 Å². The van der Waals surface area contributed by atoms with Crippen LogP contribution < -0.4 is 5.73 Å². The molecule has 0 bridgehead atoms. The number of hydrogen-bond donors (Lipinski definition) is 1. The van der Waals surface area contributed by atoms with E-state index in [0.29, 0.717) is 26.1 Å². The molecular weight excluding hydrogens is 333 g/mol. The van der Waals surface area contributed by atoms with E-state index in [-0.39, 0.29) is 20.6 Å². The minimum absolute atomic E-state index is 0.00160. The molecule has 0 aliphatic rings. The van der Waals surface area contributed by atoms with Crippen LogP contribution in [0.15, 0.2) is 17.0 Å². The summed E-state index contributed by atoms with van der Waals surface area (Å²) in [5.41, 5.74) is 5.81. The monoisotopic (exact) mass is 353 g/mol. The molecule has 8 heteroatoms. The van der Waals surface area contributed by atoms with Crippen molar-refractivity contribution in [3.8, 4) is 0 Å². The summed E-state index contributed by atoms with van der Waals surface area (Å²) in [7, 11) is 0.0930. The fourth-order valence-electron chi connectivity index (χ4n) is 1.80. The molecule has 1 aromatic rings. The van der Waals surface area contributed by atoms with E-state index in [4.69, 9.17) is 28.9 Å². The zero-order chi connectivity index (χ0) is 16.2. The summed E-state index contributed by atoms with van der Waals surface area (Å²) < 4.78 is 26.9. The van der Waals surface area contributed by atoms with Crippen molar-refractivity contribution in [3.63, 3.8) is 0 Å². The van der Waals surface area contributed by atoms with Crippen molar-refractivity contribution >= 4 is 38.9 Å². The van der Waals surface area contributed by atoms with E-state index in [1.54, 1.807) is 0 Å². The van der Waals surface area contributed by atoms with Gasteiger partial charge in [-0.15, -0.1) is 0 Å². The Balaban J connectivity index is 3.20. The third kappa shape index (κ3) is 4.47. The zero-order valence-corrected chi connectivity index (χ0v) is 14.8. The van der Waals surface area contributed by atoms with Crippen molar-refractivity contribution in [2.45, 2.75) is 18.2 Å². The van der Waals surface area contributed by atoms with Crippen LogP contribution in [0.3, 0.4) is 0 Å². The first kappa shape index (κ1) is 18.5. The first-order chi connectivity index (χ1) is 9.71. The van der Waals surface area contributed by atoms with Crippen molar-refractivity contribution in [1.82, 2.24) is 9.21 Å². The highest BCUT2D eigenvalue weighted by Crippen LogP contribution is 2.34. The van der Waals surface area contributed by atoms with Gasteiger partial charge in [0, 0.05) is 19.6 Å². The summed E-state index contributed by atoms with van der Waals surface area (Å²) >= 11 is 11.9. The summed E-state index contributed by atoms with van der Waals surface area (Å²) in [4.78, 5) is 1.92. The smallest absolute Gasteiger partial charge is 0.244 e. The van der Waals surface area contributed by atoms with Gasteiger partial charge in [-0.05, 0) is 32.6 Å². The number of halogens is 2. The minimum atomic E-state index is -3.69. The Morgan fingerprint density at radius 2 is 1.76 bits per heavy atom. The van der Waals surface area contributed by atoms with E-state index in [9.17, 15) is 8.42 Å². The van der Waals surface area contributed by atoms with Crippen molar-refractivity contribution in [2.24, 2.45) is 0 Å². The Bertz CT molecular complexity index is 591. The molecule has 1 rings (SSSR count). The highest BCUT2D eigenvalue weighted by atomic mass is 35.5. The molecule has 0 aromatic heterocycles. The second-order valence-electron chi connectivity index (χ2n) is 4.98. The quantitative estimate of drug-likeness (QED) is 0.764. The Hall–Kier alpha value is -0.530. The van der Waals surface area contributed by atoms with Crippen LogP contribution in [0.25, 0.3) is 0 Å². The summed E-state index contributed by atoms with van der Waals surface area (Å²) in [6.45, 7) is 3.37. The zero-order valence-electron chi connectivity index (χ0n) is 12.4. The Morgan fingerprint density at radius 1 is 1.14 bits per heavy atom. The third-order valence-electron chi connectivity index (χ3n) is 2.98. The standard InChI is InChI=1S/C13H21Cl2N3O2S/c1-4-7-18(9-8-17(2)3)21(19,20)11-6-5-10(14)13(16)12(11)15/h5-6H,4,7-9,16H2,1-3H3. The average Bonchev–Trinajstić information content (AvgIpc) is 2.40. The fraction of sp³-hybridized carbons (Fsp3) is 0.538. The average molecular weight is 354 g/mol. The van der Waals surface area contributed by atoms with E-state index in [1.165, 1.54) is 16.4 Å². The number of nitrogen functional groups attached to an aromatic ring is 1. The molecule has 0 aliphatic carbocycles. The maximum absolute atomic E-state index is 12.7. The lowest BCUT2D eigenvalue weighted by Crippen LogP contribution is -2.37. The molecule has 0 spiro atoms. The normalized spacial score (nSPS) is 12.3. The minimum Gasteiger partial charge on any atom is -0.396 e. The van der Waals surface area contributed by atoms with Gasteiger partial charge in [0.2, 0.25) is 10.0 Å². The number of benzene rings is 1. The molecule has 0 heterocycles. The van der Waals surface area contributed by atoms with E-state index >= 15 is 0 Å². The predicted molar refractivity (Wildman–Crippen MR) is 88.5 cm³/mol. The van der Waals surface area contributed by atoms with E-state index in [0.717, 1.165) is 0 Å². The molecule has 0 radical (unpaired) electrons. The lowest BCUT2D eigenvalue weighted by molar-refractivity contribution is 0.333. The number of nitrogens with zero attached hydrogens (tertiary/aromatic N) is 2. The molecular formula is C13H21Cl2N3O2S. The highest BCUT2D eigenvalue weighted by molar-refractivity contribution is 7.89. The number of sulfonamides is 1. The molecule has 0 fully saturated rings. The maximum atomic E-state index is 12.7. The maximum Gasteiger partial charge on any atom is 0.244 e. The summed E-state index contributed by atoms with van der Waals surface area (Å²) in [6, 6.07) is 2.85. The van der Waals surface area contributed by atoms with Gasteiger partial charge in [-0.2, -0.15) is 4.31 Å². The van der Waals surface area contributed by atoms with Crippen LogP contribution in [0.1, 0.15) is 13.3 Å². The SMILES string of the molecule is CCCN(CCN(C)C)S(=O)(=O)c1ccc(Cl)c(N)c1Cl. The molecule has 0 aliphatic heterocycles. The lowest BCUT2D eigenvalue weighted by atomic mass is 10.3. The van der Waals surface area contributed by atoms with Crippen molar-refractivity contribution in [2.75, 3.05) is 39.5 Å². The van der Waals surface area contributed by atoms with Crippen LogP contribution in [0, 0.1) is 0 Å². The van der Waals surface area contributed by atoms with Crippen molar-refractivity contribution in [3.05, 3.63) is 22.2 Å². The molecule has 21 heavy (non-hydrogen) atoms. The number of rotatable bonds is 7. The van der Waals surface area contributed by atoms with Crippen LogP contribution in [0.4, 0.5) is 5.69 Å². The van der Waals surface area contributed by atoms with Gasteiger partial charge in [-0.1, -0.05) is 30.1 Å². The largest absolute Gasteiger partial charge is 0.396 e. The Kier molecular flexibility index (Phi) is 6.74. The summed E-state index contributed by atoms with van der Waals surface area (Å²) in [5.74, 6) is 0. The summed E-state index contributed by atoms with van der Waals surface area (Å²) in [5, 5.41) is 0.225. The van der Waals surface area contributed by atoms with Crippen LogP contribution in [0.2, 0.25) is 10.0 Å². The molecule has 120 valence electrons. The van der Waals surface area contributed by atoms with Crippen LogP contribution in [0.5, 0.6) is 0 Å². The Morgan fingerprint density at radius 3 is 2.29 bits per heavy atom. The van der Waals surface area contributed by atoms with Gasteiger partial charge >= 0.3 is 0 Å². The lowest BCUT2D eigenvalue weighted by Gasteiger charge is -2.24. The molecule has 0 saturated heterocycles. The predicted octanol–water partition coefficient (Wildman–Crippen LogP) is 2.54. The number of nitrogens with two attached hydrogens (primary N) is 1. The number of likely N-dealkylation sites (N-methyl/N-ethyl adjacent to an activating group) is 1. The summed E-state index contributed by atoms with van der Waals surface area (Å²) in [6.07, 6.45) is 0.716. The van der Waals surface area contributed by atoms with Gasteiger partial charge in [-0.25, -0.2) is 8.42 Å². The van der Waals surface area contributed by atoms with E-state index in [1.807, 2.05) is 25.9 Å². The Labute approximate surface area is 136 Å². The van der Waals surface area contributed by atoms with E-state index < -0.39 is 10.0 Å². The van der Waals surface area contributed by atoms with Gasteiger partial charge in [0.1, 0.15) is 4.90 Å². The van der Waals surface area contributed by atoms with Gasteiger partial charge in [-0.3, -0.25) is 0 Å². The topological polar surface area (TPSA) is 66.6 Å². The van der Waals surface area contributed by atoms with Crippen LogP contribution in [-0.4, -0.2) is 51.4 Å². The number of hydrogen-bond acceptors (Lipinski definition) is 4. The van der Waals surface area contributed by atoms with Crippen LogP contribution in [-0.2, 0) is 10.0 Å². The van der Waals surface area contributed by atoms with Gasteiger partial charge in [0.15, 0.2) is 0 Å². The van der Waals surface area contributed by atoms with E-state index in [2.05, 4.69) is 0 Å². The second-order valence-corrected chi connectivity index (χ2v) is 7.67. The second kappa shape index (κ2) is 7.65. The molecule has 0 saturated carbocycles. The first-order valence-electron chi connectivity index (χ1n) is 6.60. The highest BCUT2D eigenvalue weighted by Gasteiger charge is 2.27. The van der Waals surface area contributed by atoms with Crippen molar-refractivity contribution < 1.29 is 8.42 Å². The fourth-order valence-corrected chi connectivity index (χ4v) is 4.06. The van der Waals surface area contributed by atoms with Gasteiger partial charge < -0.3 is 10.6 Å². The molecule has 2 N–H and O–H groups in total. The van der Waals surface area contributed by atoms with Gasteiger partial charge in [0.05, 0.1) is 15.7 Å². The third-order valence-corrected chi connectivity index (χ3v) is 5.77. The molecule has 1 aromatic carbocycles. The molecule has 0 atom stereocenters. The number of anilines is 1. The van der Waals surface area contributed by atoms with Crippen LogP contribution >= 0.6 is 23.2 Å². The molecule has 5 nitrogen and oxygen atoms in total. The molecule has 0 amide bonds. The first-order valence-corrected chi connectivity index (χ1v) is 8.79.